The van der Waals surface area contributed by atoms with Gasteiger partial charge < -0.3 is 9.47 Å². The van der Waals surface area contributed by atoms with E-state index in [9.17, 15) is 9.59 Å². The summed E-state index contributed by atoms with van der Waals surface area (Å²) in [5, 5.41) is 14.3. The summed E-state index contributed by atoms with van der Waals surface area (Å²) in [7, 11) is 3.03. The van der Waals surface area contributed by atoms with Gasteiger partial charge in [0.15, 0.2) is 5.82 Å². The molecule has 0 aliphatic rings. The van der Waals surface area contributed by atoms with Crippen LogP contribution in [0.1, 0.15) is 68.1 Å². The standard InChI is InChI=1S/C29H36N6O4/c1-6-9-25(36)35-26(28(38-4)39-5)24(17-12-19(2)3)34(29(35)37)18-20-13-15-21(16-14-20)22-10-7-8-11-23(22)27-30-32-33-31-27/h7-8,10-11,13-16,19,28H,6,9,12,17-18H2,1-5H3,(H,30,31,32,33). The molecule has 2 heterocycles. The molecule has 10 nitrogen and oxygen atoms in total. The van der Waals surface area contributed by atoms with E-state index in [1.54, 1.807) is 4.57 Å². The van der Waals surface area contributed by atoms with Crippen molar-refractivity contribution in [3.8, 4) is 22.5 Å². The van der Waals surface area contributed by atoms with Crippen LogP contribution in [0.25, 0.3) is 22.5 Å². The number of aromatic amines is 1. The van der Waals surface area contributed by atoms with Crippen molar-refractivity contribution in [2.75, 3.05) is 14.2 Å². The molecule has 0 saturated carbocycles. The minimum Gasteiger partial charge on any atom is -0.350 e. The van der Waals surface area contributed by atoms with Gasteiger partial charge in [-0.1, -0.05) is 69.3 Å². The minimum absolute atomic E-state index is 0.255. The number of methoxy groups -OCH3 is 2. The van der Waals surface area contributed by atoms with Crippen molar-refractivity contribution in [2.45, 2.75) is 59.3 Å². The van der Waals surface area contributed by atoms with Crippen LogP contribution in [0.4, 0.5) is 0 Å². The van der Waals surface area contributed by atoms with Crippen molar-refractivity contribution in [3.05, 3.63) is 76.0 Å². The van der Waals surface area contributed by atoms with Gasteiger partial charge in [-0.05, 0) is 52.3 Å². The van der Waals surface area contributed by atoms with Crippen molar-refractivity contribution in [2.24, 2.45) is 5.92 Å². The molecule has 2 aromatic heterocycles. The molecule has 10 heteroatoms. The summed E-state index contributed by atoms with van der Waals surface area (Å²) in [6.07, 6.45) is 1.54. The first-order chi connectivity index (χ1) is 18.9. The van der Waals surface area contributed by atoms with Crippen LogP contribution in [0.2, 0.25) is 0 Å². The quantitative estimate of drug-likeness (QED) is 0.259. The van der Waals surface area contributed by atoms with E-state index in [0.717, 1.165) is 34.4 Å². The Bertz CT molecular complexity index is 1430. The third-order valence-corrected chi connectivity index (χ3v) is 6.74. The highest BCUT2D eigenvalue weighted by Gasteiger charge is 2.29. The smallest absolute Gasteiger partial charge is 0.335 e. The van der Waals surface area contributed by atoms with Gasteiger partial charge in [-0.15, -0.1) is 5.10 Å². The van der Waals surface area contributed by atoms with Crippen LogP contribution < -0.4 is 5.69 Å². The number of nitrogens with one attached hydrogen (secondary N) is 1. The molecule has 0 fully saturated rings. The molecule has 206 valence electrons. The highest BCUT2D eigenvalue weighted by atomic mass is 16.7. The molecule has 2 aromatic carbocycles. The predicted molar refractivity (Wildman–Crippen MR) is 148 cm³/mol. The number of H-pyrrole nitrogens is 1. The third kappa shape index (κ3) is 6.07. The number of benzene rings is 2. The summed E-state index contributed by atoms with van der Waals surface area (Å²) < 4.78 is 14.1. The van der Waals surface area contributed by atoms with Crippen molar-refractivity contribution in [1.29, 1.82) is 0 Å². The van der Waals surface area contributed by atoms with E-state index < -0.39 is 6.29 Å². The van der Waals surface area contributed by atoms with E-state index in [-0.39, 0.29) is 18.0 Å². The van der Waals surface area contributed by atoms with Crippen molar-refractivity contribution in [1.82, 2.24) is 29.8 Å². The van der Waals surface area contributed by atoms with Crippen LogP contribution in [0, 0.1) is 5.92 Å². The number of ether oxygens (including phenoxy) is 2. The zero-order valence-corrected chi connectivity index (χ0v) is 23.2. The second-order valence-electron chi connectivity index (χ2n) is 9.91. The molecule has 4 rings (SSSR count). The topological polar surface area (TPSA) is 117 Å². The van der Waals surface area contributed by atoms with Gasteiger partial charge >= 0.3 is 5.69 Å². The first-order valence-corrected chi connectivity index (χ1v) is 13.2. The van der Waals surface area contributed by atoms with Gasteiger partial charge in [-0.2, -0.15) is 0 Å². The Morgan fingerprint density at radius 2 is 1.72 bits per heavy atom. The number of carbonyl (C=O) groups is 1. The number of nitrogens with zero attached hydrogens (tertiary/aromatic N) is 5. The highest BCUT2D eigenvalue weighted by Crippen LogP contribution is 2.30. The fourth-order valence-electron chi connectivity index (χ4n) is 4.77. The molecule has 0 aliphatic carbocycles. The largest absolute Gasteiger partial charge is 0.350 e. The lowest BCUT2D eigenvalue weighted by molar-refractivity contribution is -0.110. The zero-order chi connectivity index (χ0) is 27.9. The van der Waals surface area contributed by atoms with Gasteiger partial charge in [-0.25, -0.2) is 14.5 Å². The Morgan fingerprint density at radius 3 is 2.31 bits per heavy atom. The number of hydrogen-bond donors (Lipinski definition) is 1. The summed E-state index contributed by atoms with van der Waals surface area (Å²) in [4.78, 5) is 26.9. The Morgan fingerprint density at radius 1 is 1.03 bits per heavy atom. The van der Waals surface area contributed by atoms with Gasteiger partial charge in [0.25, 0.3) is 0 Å². The molecule has 0 bridgehead atoms. The van der Waals surface area contributed by atoms with Gasteiger partial charge in [0, 0.05) is 31.9 Å². The van der Waals surface area contributed by atoms with Gasteiger partial charge in [0.2, 0.25) is 12.2 Å². The fourth-order valence-corrected chi connectivity index (χ4v) is 4.77. The summed E-state index contributed by atoms with van der Waals surface area (Å²) in [6, 6.07) is 15.9. The molecule has 1 N–H and O–H groups in total. The van der Waals surface area contributed by atoms with E-state index >= 15 is 0 Å². The van der Waals surface area contributed by atoms with Crippen LogP contribution in [-0.2, 0) is 22.4 Å². The Labute approximate surface area is 228 Å². The molecule has 0 spiro atoms. The van der Waals surface area contributed by atoms with Crippen LogP contribution in [0.3, 0.4) is 0 Å². The van der Waals surface area contributed by atoms with Crippen molar-refractivity contribution in [3.63, 3.8) is 0 Å². The summed E-state index contributed by atoms with van der Waals surface area (Å²) in [6.45, 7) is 6.51. The molecular formula is C29H36N6O4. The van der Waals surface area contributed by atoms with E-state index in [4.69, 9.17) is 9.47 Å². The number of rotatable bonds is 12. The molecule has 4 aromatic rings. The maximum atomic E-state index is 13.7. The van der Waals surface area contributed by atoms with Gasteiger partial charge in [0.1, 0.15) is 5.69 Å². The minimum atomic E-state index is -0.827. The molecule has 0 saturated heterocycles. The zero-order valence-electron chi connectivity index (χ0n) is 23.2. The Kier molecular flexibility index (Phi) is 9.21. The first-order valence-electron chi connectivity index (χ1n) is 13.2. The lowest BCUT2D eigenvalue weighted by atomic mass is 9.98. The lowest BCUT2D eigenvalue weighted by Crippen LogP contribution is -2.31. The maximum Gasteiger partial charge on any atom is 0.335 e. The first kappa shape index (κ1) is 28.1. The highest BCUT2D eigenvalue weighted by molar-refractivity contribution is 5.80. The van der Waals surface area contributed by atoms with E-state index in [0.29, 0.717) is 36.8 Å². The molecule has 0 aliphatic heterocycles. The summed E-state index contributed by atoms with van der Waals surface area (Å²) in [5.41, 5.74) is 4.68. The average molecular weight is 533 g/mol. The van der Waals surface area contributed by atoms with Crippen LogP contribution >= 0.6 is 0 Å². The molecule has 0 atom stereocenters. The monoisotopic (exact) mass is 532 g/mol. The molecule has 0 amide bonds. The number of tetrazole rings is 1. The Hall–Kier alpha value is -3.89. The lowest BCUT2D eigenvalue weighted by Gasteiger charge is -2.18. The summed E-state index contributed by atoms with van der Waals surface area (Å²) in [5.74, 6) is 0.751. The number of carbonyl (C=O) groups excluding carboxylic acids is 1. The van der Waals surface area contributed by atoms with E-state index in [1.165, 1.54) is 18.8 Å². The summed E-state index contributed by atoms with van der Waals surface area (Å²) >= 11 is 0. The molecular weight excluding hydrogens is 496 g/mol. The molecule has 0 radical (unpaired) electrons. The maximum absolute atomic E-state index is 13.7. The van der Waals surface area contributed by atoms with Gasteiger partial charge in [-0.3, -0.25) is 9.36 Å². The second-order valence-corrected chi connectivity index (χ2v) is 9.91. The van der Waals surface area contributed by atoms with Crippen LogP contribution in [0.5, 0.6) is 0 Å². The number of aromatic nitrogens is 6. The normalized spacial score (nSPS) is 11.6. The predicted octanol–water partition coefficient (Wildman–Crippen LogP) is 4.87. The van der Waals surface area contributed by atoms with Crippen molar-refractivity contribution >= 4 is 5.91 Å². The molecule has 0 unspecified atom stereocenters. The SMILES string of the molecule is CCCC(=O)n1c(C(OC)OC)c(CCC(C)C)n(Cc2ccc(-c3ccccc3-c3nnn[nH]3)cc2)c1=O. The number of hydrogen-bond acceptors (Lipinski definition) is 7. The van der Waals surface area contributed by atoms with Crippen molar-refractivity contribution < 1.29 is 14.3 Å². The van der Waals surface area contributed by atoms with Crippen LogP contribution in [0.15, 0.2) is 53.3 Å². The fraction of sp³-hybridized carbons (Fsp3) is 0.414. The van der Waals surface area contributed by atoms with Gasteiger partial charge in [0.05, 0.1) is 6.54 Å². The second kappa shape index (κ2) is 12.8. The molecule has 39 heavy (non-hydrogen) atoms. The third-order valence-electron chi connectivity index (χ3n) is 6.74. The average Bonchev–Trinajstić information content (AvgIpc) is 3.56. The van der Waals surface area contributed by atoms with E-state index in [2.05, 4.69) is 34.5 Å². The Balaban J connectivity index is 1.75. The van der Waals surface area contributed by atoms with E-state index in [1.807, 2.05) is 55.5 Å². The number of imidazole rings is 1. The van der Waals surface area contributed by atoms with Crippen LogP contribution in [-0.4, -0.2) is 49.9 Å².